The fourth-order valence-electron chi connectivity index (χ4n) is 5.00. The predicted octanol–water partition coefficient (Wildman–Crippen LogP) is 3.85. The predicted molar refractivity (Wildman–Crippen MR) is 125 cm³/mol. The molecule has 1 N–H and O–H groups in total. The smallest absolute Gasteiger partial charge is 0.247 e. The van der Waals surface area contributed by atoms with E-state index < -0.39 is 0 Å². The Hall–Kier alpha value is -3.22. The molecule has 7 nitrogen and oxygen atoms in total. The van der Waals surface area contributed by atoms with Gasteiger partial charge in [0.25, 0.3) is 0 Å². The molecule has 1 amide bonds. The van der Waals surface area contributed by atoms with Gasteiger partial charge in [0.05, 0.1) is 26.4 Å². The van der Waals surface area contributed by atoms with E-state index in [1.807, 2.05) is 37.4 Å². The van der Waals surface area contributed by atoms with E-state index in [9.17, 15) is 9.59 Å². The third kappa shape index (κ3) is 5.07. The van der Waals surface area contributed by atoms with Crippen molar-refractivity contribution in [3.8, 4) is 5.75 Å². The number of allylic oxidation sites excluding steroid dienone is 2. The van der Waals surface area contributed by atoms with Gasteiger partial charge in [0.15, 0.2) is 5.78 Å². The number of benzene rings is 1. The summed E-state index contributed by atoms with van der Waals surface area (Å²) in [6.07, 6.45) is 5.15. The van der Waals surface area contributed by atoms with Crippen LogP contribution in [0.4, 0.5) is 0 Å². The van der Waals surface area contributed by atoms with E-state index in [0.29, 0.717) is 42.6 Å². The summed E-state index contributed by atoms with van der Waals surface area (Å²) in [7, 11) is 1.64. The first kappa shape index (κ1) is 23.0. The second-order valence-electron chi connectivity index (χ2n) is 9.30. The topological polar surface area (TPSA) is 86.1 Å². The Kier molecular flexibility index (Phi) is 6.77. The Labute approximate surface area is 194 Å². The van der Waals surface area contributed by atoms with Gasteiger partial charge in [-0.2, -0.15) is 0 Å². The van der Waals surface area contributed by atoms with Gasteiger partial charge in [0.2, 0.25) is 5.91 Å². The molecule has 0 spiro atoms. The van der Waals surface area contributed by atoms with Crippen molar-refractivity contribution >= 4 is 11.7 Å². The molecule has 2 aliphatic rings. The molecule has 0 saturated heterocycles. The molecular weight excluding hydrogens is 416 g/mol. The quantitative estimate of drug-likeness (QED) is 0.650. The minimum absolute atomic E-state index is 0.0686. The van der Waals surface area contributed by atoms with Crippen LogP contribution in [-0.4, -0.2) is 33.8 Å². The molecule has 2 aliphatic carbocycles. The molecule has 0 unspecified atom stereocenters. The lowest BCUT2D eigenvalue weighted by Crippen LogP contribution is -2.27. The lowest BCUT2D eigenvalue weighted by atomic mass is 9.86. The Bertz CT molecular complexity index is 1080. The van der Waals surface area contributed by atoms with Crippen LogP contribution in [0.2, 0.25) is 0 Å². The number of aromatic nitrogens is 3. The number of methoxy groups -OCH3 is 1. The molecule has 1 aromatic heterocycles. The Morgan fingerprint density at radius 1 is 1.24 bits per heavy atom. The number of fused-ring (bicyclic) bond motifs is 1. The van der Waals surface area contributed by atoms with Crippen LogP contribution in [0, 0.1) is 17.8 Å². The summed E-state index contributed by atoms with van der Waals surface area (Å²) in [5, 5.41) is 11.3. The molecule has 1 saturated carbocycles. The maximum absolute atomic E-state index is 12.8. The molecule has 1 fully saturated rings. The van der Waals surface area contributed by atoms with Crippen LogP contribution < -0.4 is 10.1 Å². The van der Waals surface area contributed by atoms with Gasteiger partial charge in [-0.3, -0.25) is 9.59 Å². The number of amides is 1. The zero-order valence-electron chi connectivity index (χ0n) is 19.6. The summed E-state index contributed by atoms with van der Waals surface area (Å²) in [6.45, 7) is 9.16. The number of carbonyl (C=O) groups excluding carboxylic acids is 2. The molecule has 4 rings (SSSR count). The molecule has 1 aromatic carbocycles. The normalized spacial score (nSPS) is 22.6. The molecule has 3 atom stereocenters. The molecule has 0 aliphatic heterocycles. The van der Waals surface area contributed by atoms with Crippen LogP contribution in [0.5, 0.6) is 5.75 Å². The van der Waals surface area contributed by atoms with Gasteiger partial charge in [-0.15, -0.1) is 5.10 Å². The van der Waals surface area contributed by atoms with Crippen LogP contribution in [-0.2, 0) is 22.7 Å². The number of hydrogen-bond acceptors (Lipinski definition) is 5. The third-order valence-corrected chi connectivity index (χ3v) is 7.18. The zero-order chi connectivity index (χ0) is 23.5. The van der Waals surface area contributed by atoms with Crippen molar-refractivity contribution in [3.63, 3.8) is 0 Å². The van der Waals surface area contributed by atoms with Gasteiger partial charge >= 0.3 is 0 Å². The van der Waals surface area contributed by atoms with E-state index in [1.54, 1.807) is 11.8 Å². The SMILES string of the molecule is C=C(C(=O)NCc1cn(Cc2ccc(OC)cc2)nn1)[C@@H]1CC[C@H](C)[C@@H]2CC(=O)C(C)=C2C1. The molecule has 174 valence electrons. The number of carbonyl (C=O) groups is 2. The Morgan fingerprint density at radius 2 is 2.00 bits per heavy atom. The maximum atomic E-state index is 12.8. The first-order valence-corrected chi connectivity index (χ1v) is 11.6. The average Bonchev–Trinajstić information content (AvgIpc) is 3.33. The van der Waals surface area contributed by atoms with Crippen LogP contribution in [0.25, 0.3) is 0 Å². The van der Waals surface area contributed by atoms with Gasteiger partial charge in [0, 0.05) is 12.0 Å². The van der Waals surface area contributed by atoms with Gasteiger partial charge in [-0.25, -0.2) is 4.68 Å². The minimum atomic E-state index is -0.154. The molecule has 2 aromatic rings. The molecular formula is C26H32N4O3. The Morgan fingerprint density at radius 3 is 2.73 bits per heavy atom. The van der Waals surface area contributed by atoms with E-state index in [4.69, 9.17) is 4.74 Å². The van der Waals surface area contributed by atoms with Crippen molar-refractivity contribution < 1.29 is 14.3 Å². The third-order valence-electron chi connectivity index (χ3n) is 7.18. The zero-order valence-corrected chi connectivity index (χ0v) is 19.6. The van der Waals surface area contributed by atoms with Crippen LogP contribution in [0.3, 0.4) is 0 Å². The fraction of sp³-hybridized carbons (Fsp3) is 0.462. The summed E-state index contributed by atoms with van der Waals surface area (Å²) >= 11 is 0. The lowest BCUT2D eigenvalue weighted by molar-refractivity contribution is -0.118. The highest BCUT2D eigenvalue weighted by Crippen LogP contribution is 2.45. The number of ketones is 1. The molecule has 0 bridgehead atoms. The summed E-state index contributed by atoms with van der Waals surface area (Å²) in [6, 6.07) is 7.79. The highest BCUT2D eigenvalue weighted by Gasteiger charge is 2.37. The second kappa shape index (κ2) is 9.73. The average molecular weight is 449 g/mol. The monoisotopic (exact) mass is 448 g/mol. The largest absolute Gasteiger partial charge is 0.497 e. The molecule has 33 heavy (non-hydrogen) atoms. The first-order chi connectivity index (χ1) is 15.9. The van der Waals surface area contributed by atoms with Crippen LogP contribution in [0.15, 0.2) is 53.8 Å². The van der Waals surface area contributed by atoms with Gasteiger partial charge < -0.3 is 10.1 Å². The molecule has 0 radical (unpaired) electrons. The summed E-state index contributed by atoms with van der Waals surface area (Å²) in [4.78, 5) is 25.1. The summed E-state index contributed by atoms with van der Waals surface area (Å²) < 4.78 is 6.93. The van der Waals surface area contributed by atoms with Crippen molar-refractivity contribution in [1.82, 2.24) is 20.3 Å². The first-order valence-electron chi connectivity index (χ1n) is 11.6. The van der Waals surface area contributed by atoms with E-state index in [2.05, 4.69) is 29.1 Å². The highest BCUT2D eigenvalue weighted by molar-refractivity contribution is 5.99. The molecule has 7 heteroatoms. The fourth-order valence-corrected chi connectivity index (χ4v) is 5.00. The van der Waals surface area contributed by atoms with E-state index in [-0.39, 0.29) is 17.6 Å². The van der Waals surface area contributed by atoms with E-state index in [0.717, 1.165) is 36.1 Å². The number of nitrogens with one attached hydrogen (secondary N) is 1. The lowest BCUT2D eigenvalue weighted by Gasteiger charge is -2.19. The number of ether oxygens (including phenoxy) is 1. The van der Waals surface area contributed by atoms with Crippen LogP contribution >= 0.6 is 0 Å². The summed E-state index contributed by atoms with van der Waals surface area (Å²) in [5.74, 6) is 1.78. The maximum Gasteiger partial charge on any atom is 0.247 e. The Balaban J connectivity index is 1.33. The van der Waals surface area contributed by atoms with Crippen molar-refractivity contribution in [1.29, 1.82) is 0 Å². The van der Waals surface area contributed by atoms with Gasteiger partial charge in [-0.1, -0.05) is 36.4 Å². The second-order valence-corrected chi connectivity index (χ2v) is 9.30. The standard InChI is InChI=1S/C26H32N4O3/c1-16-5-8-20(11-24-18(3)25(31)12-23(16)24)17(2)26(32)27-13-21-15-30(29-28-21)14-19-6-9-22(33-4)10-7-19/h6-7,9-10,15-16,20,23H,2,5,8,11-14H2,1,3-4H3,(H,27,32)/t16-,20+,23-/m0/s1. The minimum Gasteiger partial charge on any atom is -0.497 e. The number of Topliss-reactive ketones (excluding diaryl/α,β-unsaturated/α-hetero) is 1. The van der Waals surface area contributed by atoms with Crippen molar-refractivity contribution in [2.45, 2.75) is 52.6 Å². The van der Waals surface area contributed by atoms with Crippen molar-refractivity contribution in [2.24, 2.45) is 17.8 Å². The molecule has 1 heterocycles. The van der Waals surface area contributed by atoms with Gasteiger partial charge in [-0.05, 0) is 67.2 Å². The number of hydrogen-bond donors (Lipinski definition) is 1. The number of nitrogens with zero attached hydrogens (tertiary/aromatic N) is 3. The van der Waals surface area contributed by atoms with Crippen molar-refractivity contribution in [2.75, 3.05) is 7.11 Å². The highest BCUT2D eigenvalue weighted by atomic mass is 16.5. The van der Waals surface area contributed by atoms with Gasteiger partial charge in [0.1, 0.15) is 11.4 Å². The summed E-state index contributed by atoms with van der Waals surface area (Å²) in [5.41, 5.74) is 4.51. The van der Waals surface area contributed by atoms with E-state index >= 15 is 0 Å². The van der Waals surface area contributed by atoms with Crippen molar-refractivity contribution in [3.05, 3.63) is 65.0 Å². The van der Waals surface area contributed by atoms with Crippen LogP contribution in [0.1, 0.15) is 50.8 Å². The number of rotatable bonds is 7. The van der Waals surface area contributed by atoms with E-state index in [1.165, 1.54) is 5.57 Å².